The Morgan fingerprint density at radius 2 is 1.66 bits per heavy atom. The Morgan fingerprint density at radius 1 is 0.931 bits per heavy atom. The van der Waals surface area contributed by atoms with Crippen LogP contribution in [-0.4, -0.2) is 73.3 Å². The van der Waals surface area contributed by atoms with Crippen molar-refractivity contribution in [1.82, 2.24) is 14.7 Å². The molecule has 1 heterocycles. The van der Waals surface area contributed by atoms with Crippen molar-refractivity contribution in [2.45, 2.75) is 13.0 Å². The first-order valence-corrected chi connectivity index (χ1v) is 10.0. The minimum absolute atomic E-state index is 0.0429. The summed E-state index contributed by atoms with van der Waals surface area (Å²) in [6.07, 6.45) is 0.870. The van der Waals surface area contributed by atoms with Crippen molar-refractivity contribution in [1.29, 1.82) is 0 Å². The summed E-state index contributed by atoms with van der Waals surface area (Å²) in [5, 5.41) is 0. The molecule has 0 radical (unpaired) electrons. The van der Waals surface area contributed by atoms with Gasteiger partial charge in [-0.2, -0.15) is 0 Å². The molecule has 1 aliphatic rings. The fraction of sp³-hybridized carbons (Fsp3) is 0.391. The SMILES string of the molecule is CN(C)C(=O)CN1CCCN(C(=O)c2ccc(COc3ccccc3)cc2)CC1. The zero-order chi connectivity index (χ0) is 20.6. The lowest BCUT2D eigenvalue weighted by Crippen LogP contribution is -2.39. The minimum Gasteiger partial charge on any atom is -0.489 e. The third kappa shape index (κ3) is 6.06. The van der Waals surface area contributed by atoms with Gasteiger partial charge >= 0.3 is 0 Å². The molecule has 2 aromatic rings. The Kier molecular flexibility index (Phi) is 7.25. The zero-order valence-corrected chi connectivity index (χ0v) is 17.2. The van der Waals surface area contributed by atoms with Crippen molar-refractivity contribution in [2.24, 2.45) is 0 Å². The molecule has 0 unspecified atom stereocenters. The molecule has 29 heavy (non-hydrogen) atoms. The second-order valence-corrected chi connectivity index (χ2v) is 7.51. The van der Waals surface area contributed by atoms with E-state index < -0.39 is 0 Å². The van der Waals surface area contributed by atoms with Crippen molar-refractivity contribution in [3.8, 4) is 5.75 Å². The van der Waals surface area contributed by atoms with E-state index in [0.717, 1.165) is 24.3 Å². The van der Waals surface area contributed by atoms with E-state index in [2.05, 4.69) is 4.90 Å². The van der Waals surface area contributed by atoms with E-state index in [9.17, 15) is 9.59 Å². The molecule has 0 aliphatic carbocycles. The lowest BCUT2D eigenvalue weighted by Gasteiger charge is -2.23. The van der Waals surface area contributed by atoms with Crippen LogP contribution in [0.4, 0.5) is 0 Å². The van der Waals surface area contributed by atoms with Crippen LogP contribution in [0.5, 0.6) is 5.75 Å². The topological polar surface area (TPSA) is 53.1 Å². The van der Waals surface area contributed by atoms with E-state index in [-0.39, 0.29) is 11.8 Å². The standard InChI is InChI=1S/C23H29N3O3/c1-24(2)22(27)17-25-13-6-14-26(16-15-25)23(28)20-11-9-19(10-12-20)18-29-21-7-4-3-5-8-21/h3-5,7-12H,6,13-18H2,1-2H3. The number of benzene rings is 2. The van der Waals surface area contributed by atoms with Gasteiger partial charge in [0.25, 0.3) is 5.91 Å². The first-order chi connectivity index (χ1) is 14.0. The summed E-state index contributed by atoms with van der Waals surface area (Å²) in [7, 11) is 3.54. The molecule has 0 N–H and O–H groups in total. The largest absolute Gasteiger partial charge is 0.489 e. The summed E-state index contributed by atoms with van der Waals surface area (Å²) < 4.78 is 5.75. The van der Waals surface area contributed by atoms with Crippen LogP contribution in [0.25, 0.3) is 0 Å². The molecule has 2 amide bonds. The summed E-state index contributed by atoms with van der Waals surface area (Å²) in [5.41, 5.74) is 1.71. The smallest absolute Gasteiger partial charge is 0.253 e. The molecule has 0 saturated carbocycles. The van der Waals surface area contributed by atoms with Gasteiger partial charge in [0.15, 0.2) is 0 Å². The maximum Gasteiger partial charge on any atom is 0.253 e. The number of hydrogen-bond donors (Lipinski definition) is 0. The van der Waals surface area contributed by atoms with Crippen LogP contribution in [0.3, 0.4) is 0 Å². The number of rotatable bonds is 6. The van der Waals surface area contributed by atoms with Crippen LogP contribution in [0.15, 0.2) is 54.6 Å². The van der Waals surface area contributed by atoms with Gasteiger partial charge in [0.2, 0.25) is 5.91 Å². The van der Waals surface area contributed by atoms with Gasteiger partial charge in [0.05, 0.1) is 6.54 Å². The second kappa shape index (κ2) is 10.1. The molecule has 0 aromatic heterocycles. The van der Waals surface area contributed by atoms with Crippen molar-refractivity contribution in [3.63, 3.8) is 0 Å². The third-order valence-electron chi connectivity index (χ3n) is 5.08. The first-order valence-electron chi connectivity index (χ1n) is 10.0. The molecule has 0 bridgehead atoms. The molecule has 3 rings (SSSR count). The van der Waals surface area contributed by atoms with E-state index in [1.165, 1.54) is 0 Å². The van der Waals surface area contributed by atoms with Gasteiger partial charge in [-0.15, -0.1) is 0 Å². The first kappa shape index (κ1) is 20.9. The highest BCUT2D eigenvalue weighted by molar-refractivity contribution is 5.94. The fourth-order valence-electron chi connectivity index (χ4n) is 3.27. The van der Waals surface area contributed by atoms with Gasteiger partial charge in [-0.25, -0.2) is 0 Å². The number of likely N-dealkylation sites (N-methyl/N-ethyl adjacent to an activating group) is 1. The van der Waals surface area contributed by atoms with Gasteiger partial charge in [-0.1, -0.05) is 30.3 Å². The van der Waals surface area contributed by atoms with E-state index in [1.807, 2.05) is 59.5 Å². The summed E-state index contributed by atoms with van der Waals surface area (Å²) in [6.45, 7) is 3.78. The van der Waals surface area contributed by atoms with Crippen molar-refractivity contribution in [2.75, 3.05) is 46.8 Å². The molecule has 2 aromatic carbocycles. The van der Waals surface area contributed by atoms with E-state index in [1.54, 1.807) is 19.0 Å². The molecule has 1 fully saturated rings. The van der Waals surface area contributed by atoms with E-state index in [0.29, 0.717) is 38.3 Å². The van der Waals surface area contributed by atoms with Crippen LogP contribution >= 0.6 is 0 Å². The highest BCUT2D eigenvalue weighted by atomic mass is 16.5. The van der Waals surface area contributed by atoms with Crippen molar-refractivity contribution in [3.05, 3.63) is 65.7 Å². The van der Waals surface area contributed by atoms with Gasteiger partial charge < -0.3 is 14.5 Å². The number of amides is 2. The molecule has 1 aliphatic heterocycles. The van der Waals surface area contributed by atoms with Crippen LogP contribution in [0.1, 0.15) is 22.3 Å². The average Bonchev–Trinajstić information content (AvgIpc) is 2.98. The predicted molar refractivity (Wildman–Crippen MR) is 113 cm³/mol. The Hall–Kier alpha value is -2.86. The number of ether oxygens (including phenoxy) is 1. The highest BCUT2D eigenvalue weighted by Crippen LogP contribution is 2.14. The highest BCUT2D eigenvalue weighted by Gasteiger charge is 2.21. The van der Waals surface area contributed by atoms with Gasteiger partial charge in [0.1, 0.15) is 12.4 Å². The lowest BCUT2D eigenvalue weighted by atomic mass is 10.1. The monoisotopic (exact) mass is 395 g/mol. The summed E-state index contributed by atoms with van der Waals surface area (Å²) in [6, 6.07) is 17.3. The second-order valence-electron chi connectivity index (χ2n) is 7.51. The van der Waals surface area contributed by atoms with Crippen molar-refractivity contribution >= 4 is 11.8 Å². The Morgan fingerprint density at radius 3 is 2.34 bits per heavy atom. The van der Waals surface area contributed by atoms with E-state index in [4.69, 9.17) is 4.74 Å². The summed E-state index contributed by atoms with van der Waals surface area (Å²) in [5.74, 6) is 0.967. The van der Waals surface area contributed by atoms with E-state index >= 15 is 0 Å². The molecule has 0 spiro atoms. The number of carbonyl (C=O) groups excluding carboxylic acids is 2. The van der Waals surface area contributed by atoms with Gasteiger partial charge in [0, 0.05) is 45.8 Å². The quantitative estimate of drug-likeness (QED) is 0.754. The van der Waals surface area contributed by atoms with Gasteiger partial charge in [-0.3, -0.25) is 14.5 Å². The molecule has 0 atom stereocenters. The predicted octanol–water partition coefficient (Wildman–Crippen LogP) is 2.50. The Labute approximate surface area is 172 Å². The number of para-hydroxylation sites is 1. The molecule has 1 saturated heterocycles. The zero-order valence-electron chi connectivity index (χ0n) is 17.2. The van der Waals surface area contributed by atoms with Crippen molar-refractivity contribution < 1.29 is 14.3 Å². The maximum atomic E-state index is 12.9. The summed E-state index contributed by atoms with van der Waals surface area (Å²) >= 11 is 0. The third-order valence-corrected chi connectivity index (χ3v) is 5.08. The van der Waals surface area contributed by atoms with Crippen LogP contribution in [0.2, 0.25) is 0 Å². The molecule has 154 valence electrons. The molecular formula is C23H29N3O3. The van der Waals surface area contributed by atoms with Gasteiger partial charge in [-0.05, 0) is 36.2 Å². The number of hydrogen-bond acceptors (Lipinski definition) is 4. The fourth-order valence-corrected chi connectivity index (χ4v) is 3.27. The number of nitrogens with zero attached hydrogens (tertiary/aromatic N) is 3. The number of carbonyl (C=O) groups is 2. The lowest BCUT2D eigenvalue weighted by molar-refractivity contribution is -0.129. The Balaban J connectivity index is 1.52. The maximum absolute atomic E-state index is 12.9. The molecular weight excluding hydrogens is 366 g/mol. The van der Waals surface area contributed by atoms with Crippen LogP contribution in [0, 0.1) is 0 Å². The molecule has 6 nitrogen and oxygen atoms in total. The van der Waals surface area contributed by atoms with Crippen LogP contribution in [-0.2, 0) is 11.4 Å². The normalized spacial score (nSPS) is 14.9. The molecule has 6 heteroatoms. The Bertz CT molecular complexity index is 806. The average molecular weight is 396 g/mol. The minimum atomic E-state index is 0.0429. The summed E-state index contributed by atoms with van der Waals surface area (Å²) in [4.78, 5) is 30.4. The van der Waals surface area contributed by atoms with Crippen LogP contribution < -0.4 is 4.74 Å².